The van der Waals surface area contributed by atoms with Crippen molar-refractivity contribution >= 4 is 29.2 Å². The first-order chi connectivity index (χ1) is 6.79. The van der Waals surface area contributed by atoms with Gasteiger partial charge in [0.1, 0.15) is 5.50 Å². The van der Waals surface area contributed by atoms with E-state index in [1.54, 1.807) is 18.5 Å². The summed E-state index contributed by atoms with van der Waals surface area (Å²) in [5.41, 5.74) is -0.943. The third-order valence-electron chi connectivity index (χ3n) is 1.93. The molecule has 1 aliphatic heterocycles. The second-order valence-corrected chi connectivity index (χ2v) is 3.71. The Morgan fingerprint density at radius 2 is 2.07 bits per heavy atom. The third-order valence-corrected chi connectivity index (χ3v) is 2.89. The maximum atomic E-state index is 6.06. The molecule has 6 heteroatoms. The van der Waals surface area contributed by atoms with Crippen LogP contribution in [0.4, 0.5) is 5.95 Å². The summed E-state index contributed by atoms with van der Waals surface area (Å²) in [6, 6.07) is 1.76. The highest BCUT2D eigenvalue weighted by Gasteiger charge is 2.30. The van der Waals surface area contributed by atoms with Crippen LogP contribution in [0, 0.1) is 0 Å². The van der Waals surface area contributed by atoms with E-state index >= 15 is 0 Å². The van der Waals surface area contributed by atoms with Gasteiger partial charge in [-0.3, -0.25) is 0 Å². The molecule has 2 atom stereocenters. The van der Waals surface area contributed by atoms with Crippen molar-refractivity contribution in [2.24, 2.45) is 0 Å². The fourth-order valence-electron chi connectivity index (χ4n) is 1.26. The van der Waals surface area contributed by atoms with E-state index in [-0.39, 0.29) is 0 Å². The van der Waals surface area contributed by atoms with Gasteiger partial charge in [-0.15, -0.1) is 0 Å². The van der Waals surface area contributed by atoms with Crippen molar-refractivity contribution in [2.45, 2.75) is 11.1 Å². The molecule has 0 bridgehead atoms. The average molecular weight is 234 g/mol. The maximum absolute atomic E-state index is 6.06. The molecule has 1 fully saturated rings. The summed E-state index contributed by atoms with van der Waals surface area (Å²) in [5.74, 6) is 0.585. The van der Waals surface area contributed by atoms with Gasteiger partial charge < -0.3 is 9.64 Å². The van der Waals surface area contributed by atoms with Crippen LogP contribution in [-0.4, -0.2) is 34.2 Å². The maximum Gasteiger partial charge on any atom is 0.226 e. The summed E-state index contributed by atoms with van der Waals surface area (Å²) in [6.45, 7) is 1.19. The fourth-order valence-corrected chi connectivity index (χ4v) is 1.74. The van der Waals surface area contributed by atoms with Gasteiger partial charge in [-0.25, -0.2) is 9.97 Å². The van der Waals surface area contributed by atoms with Gasteiger partial charge in [0, 0.05) is 18.9 Å². The van der Waals surface area contributed by atoms with Crippen molar-refractivity contribution in [3.8, 4) is 0 Å². The molecule has 0 spiro atoms. The minimum absolute atomic E-state index is 0.423. The number of hydrogen-bond donors (Lipinski definition) is 0. The highest BCUT2D eigenvalue weighted by atomic mass is 35.5. The van der Waals surface area contributed by atoms with E-state index < -0.39 is 11.1 Å². The van der Waals surface area contributed by atoms with E-state index in [2.05, 4.69) is 9.97 Å². The summed E-state index contributed by atoms with van der Waals surface area (Å²) >= 11 is 11.9. The smallest absolute Gasteiger partial charge is 0.226 e. The van der Waals surface area contributed by atoms with E-state index in [1.807, 2.05) is 4.90 Å². The molecule has 4 nitrogen and oxygen atoms in total. The zero-order valence-corrected chi connectivity index (χ0v) is 8.82. The largest absolute Gasteiger partial charge is 0.357 e. The van der Waals surface area contributed by atoms with E-state index in [1.165, 1.54) is 0 Å². The quantitative estimate of drug-likeness (QED) is 0.544. The number of nitrogens with zero attached hydrogens (tertiary/aromatic N) is 3. The van der Waals surface area contributed by atoms with Gasteiger partial charge in [0.25, 0.3) is 0 Å². The van der Waals surface area contributed by atoms with E-state index in [4.69, 9.17) is 27.9 Å². The van der Waals surface area contributed by atoms with Gasteiger partial charge in [-0.1, -0.05) is 23.2 Å². The second-order valence-electron chi connectivity index (χ2n) is 2.84. The number of aromatic nitrogens is 2. The minimum Gasteiger partial charge on any atom is -0.357 e. The van der Waals surface area contributed by atoms with Crippen LogP contribution < -0.4 is 4.90 Å². The van der Waals surface area contributed by atoms with Crippen molar-refractivity contribution in [1.29, 1.82) is 0 Å². The standard InChI is InChI=1S/C8H9Cl2N3O/c9-6-7(10)14-5-4-13(6)8-11-2-1-3-12-8/h1-3,6-7H,4-5H2. The van der Waals surface area contributed by atoms with Crippen LogP contribution >= 0.6 is 23.2 Å². The molecular formula is C8H9Cl2N3O. The lowest BCUT2D eigenvalue weighted by atomic mass is 10.4. The molecular weight excluding hydrogens is 225 g/mol. The molecule has 1 aromatic heterocycles. The predicted molar refractivity (Wildman–Crippen MR) is 54.6 cm³/mol. The summed E-state index contributed by atoms with van der Waals surface area (Å²) in [6.07, 6.45) is 3.34. The molecule has 0 N–H and O–H groups in total. The van der Waals surface area contributed by atoms with Gasteiger partial charge in [0.05, 0.1) is 6.61 Å². The van der Waals surface area contributed by atoms with Gasteiger partial charge in [-0.2, -0.15) is 0 Å². The van der Waals surface area contributed by atoms with Crippen molar-refractivity contribution < 1.29 is 4.74 Å². The molecule has 2 heterocycles. The van der Waals surface area contributed by atoms with Crippen LogP contribution in [0.1, 0.15) is 0 Å². The van der Waals surface area contributed by atoms with Gasteiger partial charge in [0.2, 0.25) is 5.95 Å². The Bertz CT molecular complexity index is 298. The second kappa shape index (κ2) is 4.29. The lowest BCUT2D eigenvalue weighted by Crippen LogP contribution is -2.46. The van der Waals surface area contributed by atoms with Gasteiger partial charge >= 0.3 is 0 Å². The molecule has 1 saturated heterocycles. The molecule has 76 valence electrons. The lowest BCUT2D eigenvalue weighted by molar-refractivity contribution is 0.0830. The van der Waals surface area contributed by atoms with Gasteiger partial charge in [0.15, 0.2) is 5.56 Å². The van der Waals surface area contributed by atoms with Gasteiger partial charge in [-0.05, 0) is 6.07 Å². The van der Waals surface area contributed by atoms with Crippen molar-refractivity contribution in [3.05, 3.63) is 18.5 Å². The molecule has 1 aromatic rings. The summed E-state index contributed by atoms with van der Waals surface area (Å²) in [5, 5.41) is 0. The van der Waals surface area contributed by atoms with Crippen LogP contribution in [0.2, 0.25) is 0 Å². The Kier molecular flexibility index (Phi) is 3.05. The molecule has 0 saturated carbocycles. The van der Waals surface area contributed by atoms with E-state index in [0.29, 0.717) is 19.1 Å². The van der Waals surface area contributed by atoms with Crippen molar-refractivity contribution in [1.82, 2.24) is 9.97 Å². The number of morpholine rings is 1. The van der Waals surface area contributed by atoms with Crippen molar-refractivity contribution in [3.63, 3.8) is 0 Å². The molecule has 0 amide bonds. The summed E-state index contributed by atoms with van der Waals surface area (Å²) < 4.78 is 5.18. The average Bonchev–Trinajstić information content (AvgIpc) is 2.23. The molecule has 2 unspecified atom stereocenters. The van der Waals surface area contributed by atoms with Crippen LogP contribution in [0.15, 0.2) is 18.5 Å². The Labute approximate surface area is 91.8 Å². The first-order valence-corrected chi connectivity index (χ1v) is 5.10. The molecule has 14 heavy (non-hydrogen) atoms. The number of halogens is 2. The first kappa shape index (κ1) is 9.96. The SMILES string of the molecule is ClC1OCCN(c2ncccn2)C1Cl. The van der Waals surface area contributed by atoms with Crippen LogP contribution in [0.5, 0.6) is 0 Å². The Morgan fingerprint density at radius 1 is 1.36 bits per heavy atom. The highest BCUT2D eigenvalue weighted by molar-refractivity contribution is 6.30. The monoisotopic (exact) mass is 233 g/mol. The highest BCUT2D eigenvalue weighted by Crippen LogP contribution is 2.23. The lowest BCUT2D eigenvalue weighted by Gasteiger charge is -2.34. The van der Waals surface area contributed by atoms with E-state index in [0.717, 1.165) is 0 Å². The van der Waals surface area contributed by atoms with Crippen molar-refractivity contribution in [2.75, 3.05) is 18.1 Å². The van der Waals surface area contributed by atoms with Crippen LogP contribution in [-0.2, 0) is 4.74 Å². The Hall–Kier alpha value is -0.580. The summed E-state index contributed by atoms with van der Waals surface area (Å²) in [4.78, 5) is 10.0. The van der Waals surface area contributed by atoms with Crippen LogP contribution in [0.25, 0.3) is 0 Å². The first-order valence-electron chi connectivity index (χ1n) is 4.22. The summed E-state index contributed by atoms with van der Waals surface area (Å²) in [7, 11) is 0. The molecule has 1 aliphatic rings. The third kappa shape index (κ3) is 1.92. The topological polar surface area (TPSA) is 38.2 Å². The minimum atomic E-state index is -0.519. The molecule has 0 aliphatic carbocycles. The number of rotatable bonds is 1. The molecule has 0 aromatic carbocycles. The zero-order valence-electron chi connectivity index (χ0n) is 7.31. The Morgan fingerprint density at radius 3 is 2.79 bits per heavy atom. The molecule has 0 radical (unpaired) electrons. The Balaban J connectivity index is 2.17. The fraction of sp³-hybridized carbons (Fsp3) is 0.500. The number of hydrogen-bond acceptors (Lipinski definition) is 4. The normalized spacial score (nSPS) is 27.7. The number of alkyl halides is 2. The number of ether oxygens (including phenoxy) is 1. The number of anilines is 1. The van der Waals surface area contributed by atoms with Crippen LogP contribution in [0.3, 0.4) is 0 Å². The zero-order chi connectivity index (χ0) is 9.97. The molecule has 2 rings (SSSR count). The van der Waals surface area contributed by atoms with E-state index in [9.17, 15) is 0 Å². The predicted octanol–water partition coefficient (Wildman–Crippen LogP) is 1.44.